The van der Waals surface area contributed by atoms with Gasteiger partial charge in [0.25, 0.3) is 0 Å². The van der Waals surface area contributed by atoms with Crippen LogP contribution in [0.5, 0.6) is 0 Å². The summed E-state index contributed by atoms with van der Waals surface area (Å²) < 4.78 is 7.41. The molecule has 0 bridgehead atoms. The molecule has 0 N–H and O–H groups in total. The average molecular weight is 275 g/mol. The van der Waals surface area contributed by atoms with Crippen LogP contribution in [-0.4, -0.2) is 37.9 Å². The number of rotatable bonds is 5. The van der Waals surface area contributed by atoms with E-state index in [0.29, 0.717) is 6.04 Å². The largest absolute Gasteiger partial charge is 0.338 e. The van der Waals surface area contributed by atoms with Crippen molar-refractivity contribution in [2.45, 2.75) is 45.7 Å². The highest BCUT2D eigenvalue weighted by Crippen LogP contribution is 2.30. The highest BCUT2D eigenvalue weighted by molar-refractivity contribution is 5.03. The van der Waals surface area contributed by atoms with E-state index < -0.39 is 0 Å². The fourth-order valence-electron chi connectivity index (χ4n) is 2.52. The van der Waals surface area contributed by atoms with E-state index in [9.17, 15) is 0 Å². The number of nitrogens with zero attached hydrogens (tertiary/aromatic N) is 5. The Morgan fingerprint density at radius 2 is 2.25 bits per heavy atom. The maximum Gasteiger partial charge on any atom is 0.243 e. The summed E-state index contributed by atoms with van der Waals surface area (Å²) in [6.07, 6.45) is 5.92. The third-order valence-corrected chi connectivity index (χ3v) is 3.86. The average Bonchev–Trinajstić information content (AvgIpc) is 2.97. The van der Waals surface area contributed by atoms with Crippen LogP contribution in [0.3, 0.4) is 0 Å². The standard InChI is InChI=1S/C14H21N5O/c1-4-5-13-16-14(20-17-13)11(3)18-8-12(9-18)19-7-10(2)6-15-19/h6-7,11-12H,4-5,8-9H2,1-3H3. The van der Waals surface area contributed by atoms with Crippen LogP contribution in [0.4, 0.5) is 0 Å². The molecule has 2 aromatic rings. The predicted octanol–water partition coefficient (Wildman–Crippen LogP) is 2.14. The molecule has 1 unspecified atom stereocenters. The van der Waals surface area contributed by atoms with E-state index >= 15 is 0 Å². The predicted molar refractivity (Wildman–Crippen MR) is 74.3 cm³/mol. The molecule has 6 nitrogen and oxygen atoms in total. The molecule has 2 aromatic heterocycles. The Kier molecular flexibility index (Phi) is 3.56. The zero-order chi connectivity index (χ0) is 14.1. The van der Waals surface area contributed by atoms with Crippen molar-refractivity contribution < 1.29 is 4.52 Å². The van der Waals surface area contributed by atoms with Crippen molar-refractivity contribution in [2.24, 2.45) is 0 Å². The molecular formula is C14H21N5O. The van der Waals surface area contributed by atoms with Gasteiger partial charge in [0.05, 0.1) is 18.3 Å². The van der Waals surface area contributed by atoms with Crippen molar-refractivity contribution in [1.29, 1.82) is 0 Å². The maximum atomic E-state index is 5.36. The van der Waals surface area contributed by atoms with E-state index in [4.69, 9.17) is 4.52 Å². The van der Waals surface area contributed by atoms with Gasteiger partial charge in [0.1, 0.15) is 0 Å². The van der Waals surface area contributed by atoms with E-state index in [1.165, 1.54) is 5.56 Å². The molecule has 0 aliphatic carbocycles. The number of aromatic nitrogens is 4. The quantitative estimate of drug-likeness (QED) is 0.836. The summed E-state index contributed by atoms with van der Waals surface area (Å²) in [5.41, 5.74) is 1.21. The van der Waals surface area contributed by atoms with Gasteiger partial charge < -0.3 is 4.52 Å². The molecule has 1 saturated heterocycles. The normalized spacial score (nSPS) is 18.1. The number of likely N-dealkylation sites (tertiary alicyclic amines) is 1. The molecule has 20 heavy (non-hydrogen) atoms. The molecular weight excluding hydrogens is 254 g/mol. The highest BCUT2D eigenvalue weighted by atomic mass is 16.5. The lowest BCUT2D eigenvalue weighted by Gasteiger charge is -2.41. The number of aryl methyl sites for hydroxylation is 2. The smallest absolute Gasteiger partial charge is 0.243 e. The van der Waals surface area contributed by atoms with Crippen LogP contribution in [0.15, 0.2) is 16.9 Å². The number of hydrogen-bond acceptors (Lipinski definition) is 5. The third-order valence-electron chi connectivity index (χ3n) is 3.86. The van der Waals surface area contributed by atoms with Crippen LogP contribution < -0.4 is 0 Å². The van der Waals surface area contributed by atoms with Gasteiger partial charge in [0, 0.05) is 25.7 Å². The molecule has 1 fully saturated rings. The van der Waals surface area contributed by atoms with Crippen molar-refractivity contribution in [2.75, 3.05) is 13.1 Å². The molecule has 3 rings (SSSR count). The van der Waals surface area contributed by atoms with Crippen LogP contribution in [-0.2, 0) is 6.42 Å². The minimum absolute atomic E-state index is 0.181. The minimum atomic E-state index is 0.181. The van der Waals surface area contributed by atoms with Crippen molar-refractivity contribution in [3.05, 3.63) is 29.7 Å². The number of hydrogen-bond donors (Lipinski definition) is 0. The Hall–Kier alpha value is -1.69. The summed E-state index contributed by atoms with van der Waals surface area (Å²) in [7, 11) is 0. The van der Waals surface area contributed by atoms with Gasteiger partial charge in [-0.2, -0.15) is 10.1 Å². The molecule has 3 heterocycles. The first-order valence-electron chi connectivity index (χ1n) is 7.24. The molecule has 1 aliphatic rings. The SMILES string of the molecule is CCCc1noc(C(C)N2CC(n3cc(C)cn3)C2)n1. The Bertz CT molecular complexity index is 570. The molecule has 1 aliphatic heterocycles. The van der Waals surface area contributed by atoms with Gasteiger partial charge in [-0.25, -0.2) is 0 Å². The second-order valence-electron chi connectivity index (χ2n) is 5.58. The van der Waals surface area contributed by atoms with Crippen LogP contribution >= 0.6 is 0 Å². The molecule has 1 atom stereocenters. The first-order valence-corrected chi connectivity index (χ1v) is 7.24. The first-order chi connectivity index (χ1) is 9.67. The molecule has 0 aromatic carbocycles. The van der Waals surface area contributed by atoms with E-state index in [2.05, 4.69) is 51.8 Å². The molecule has 108 valence electrons. The first kappa shape index (κ1) is 13.3. The Morgan fingerprint density at radius 1 is 1.45 bits per heavy atom. The fraction of sp³-hybridized carbons (Fsp3) is 0.643. The van der Waals surface area contributed by atoms with Gasteiger partial charge >= 0.3 is 0 Å². The lowest BCUT2D eigenvalue weighted by atomic mass is 10.1. The zero-order valence-electron chi connectivity index (χ0n) is 12.3. The van der Waals surface area contributed by atoms with E-state index in [1.54, 1.807) is 0 Å². The highest BCUT2D eigenvalue weighted by Gasteiger charge is 2.34. The van der Waals surface area contributed by atoms with Gasteiger partial charge in [-0.3, -0.25) is 9.58 Å². The Balaban J connectivity index is 1.58. The van der Waals surface area contributed by atoms with E-state index in [1.807, 2.05) is 6.20 Å². The molecule has 0 amide bonds. The zero-order valence-corrected chi connectivity index (χ0v) is 12.3. The second kappa shape index (κ2) is 5.36. The third kappa shape index (κ3) is 2.47. The monoisotopic (exact) mass is 275 g/mol. The summed E-state index contributed by atoms with van der Waals surface area (Å²) in [6, 6.07) is 0.644. The van der Waals surface area contributed by atoms with Crippen molar-refractivity contribution in [3.63, 3.8) is 0 Å². The minimum Gasteiger partial charge on any atom is -0.338 e. The van der Waals surface area contributed by atoms with Crippen LogP contribution in [0.1, 0.15) is 49.6 Å². The van der Waals surface area contributed by atoms with E-state index in [-0.39, 0.29) is 6.04 Å². The Labute approximate surface area is 118 Å². The van der Waals surface area contributed by atoms with Crippen molar-refractivity contribution in [1.82, 2.24) is 24.8 Å². The van der Waals surface area contributed by atoms with Gasteiger partial charge in [0.15, 0.2) is 5.82 Å². The summed E-state index contributed by atoms with van der Waals surface area (Å²) in [5.74, 6) is 1.54. The van der Waals surface area contributed by atoms with E-state index in [0.717, 1.165) is 37.6 Å². The van der Waals surface area contributed by atoms with Crippen LogP contribution in [0.2, 0.25) is 0 Å². The lowest BCUT2D eigenvalue weighted by Crippen LogP contribution is -2.48. The molecule has 0 saturated carbocycles. The van der Waals surface area contributed by atoms with Gasteiger partial charge in [-0.15, -0.1) is 0 Å². The Morgan fingerprint density at radius 3 is 2.90 bits per heavy atom. The van der Waals surface area contributed by atoms with Crippen LogP contribution in [0, 0.1) is 6.92 Å². The van der Waals surface area contributed by atoms with Gasteiger partial charge in [-0.1, -0.05) is 12.1 Å². The topological polar surface area (TPSA) is 60.0 Å². The van der Waals surface area contributed by atoms with Gasteiger partial charge in [-0.05, 0) is 25.8 Å². The molecule has 6 heteroatoms. The summed E-state index contributed by atoms with van der Waals surface area (Å²) >= 11 is 0. The molecule has 0 radical (unpaired) electrons. The maximum absolute atomic E-state index is 5.36. The fourth-order valence-corrected chi connectivity index (χ4v) is 2.52. The lowest BCUT2D eigenvalue weighted by molar-refractivity contribution is 0.0456. The second-order valence-corrected chi connectivity index (χ2v) is 5.58. The van der Waals surface area contributed by atoms with Crippen molar-refractivity contribution in [3.8, 4) is 0 Å². The summed E-state index contributed by atoms with van der Waals surface area (Å²) in [5, 5.41) is 8.39. The van der Waals surface area contributed by atoms with Crippen molar-refractivity contribution >= 4 is 0 Å². The summed E-state index contributed by atoms with van der Waals surface area (Å²) in [6.45, 7) is 8.26. The summed E-state index contributed by atoms with van der Waals surface area (Å²) in [4.78, 5) is 6.80. The molecule has 0 spiro atoms. The van der Waals surface area contributed by atoms with Crippen LogP contribution in [0.25, 0.3) is 0 Å². The van der Waals surface area contributed by atoms with Gasteiger partial charge in [0.2, 0.25) is 5.89 Å².